The van der Waals surface area contributed by atoms with Gasteiger partial charge in [-0.2, -0.15) is 13.2 Å². The van der Waals surface area contributed by atoms with Gasteiger partial charge in [-0.1, -0.05) is 24.3 Å². The molecule has 0 aliphatic heterocycles. The first-order valence-corrected chi connectivity index (χ1v) is 6.09. The molecule has 0 aromatic heterocycles. The summed E-state index contributed by atoms with van der Waals surface area (Å²) in [6.45, 7) is -0.207. The highest BCUT2D eigenvalue weighted by atomic mass is 19.4. The van der Waals surface area contributed by atoms with Crippen LogP contribution in [0.25, 0.3) is 0 Å². The quantitative estimate of drug-likeness (QED) is 0.865. The highest BCUT2D eigenvalue weighted by molar-refractivity contribution is 5.29. The fourth-order valence-electron chi connectivity index (χ4n) is 1.77. The van der Waals surface area contributed by atoms with Crippen molar-refractivity contribution >= 4 is 0 Å². The summed E-state index contributed by atoms with van der Waals surface area (Å²) >= 11 is 0. The largest absolute Gasteiger partial charge is 0.476 e. The Hall–Kier alpha value is -2.08. The first kappa shape index (κ1) is 15.3. The highest BCUT2D eigenvalue weighted by Gasteiger charge is 2.43. The monoisotopic (exact) mass is 300 g/mol. The summed E-state index contributed by atoms with van der Waals surface area (Å²) in [5.41, 5.74) is 0.378. The maximum Gasteiger partial charge on any atom is 0.429 e. The molecule has 0 spiro atoms. The normalized spacial score (nSPS) is 13.0. The number of alkyl halides is 3. The molecule has 1 N–H and O–H groups in total. The van der Waals surface area contributed by atoms with E-state index in [4.69, 9.17) is 9.84 Å². The summed E-state index contributed by atoms with van der Waals surface area (Å²) in [5.74, 6) is -0.606. The van der Waals surface area contributed by atoms with Gasteiger partial charge < -0.3 is 9.84 Å². The van der Waals surface area contributed by atoms with Crippen molar-refractivity contribution in [2.24, 2.45) is 0 Å². The second kappa shape index (κ2) is 6.13. The molecule has 2 aromatic rings. The molecule has 21 heavy (non-hydrogen) atoms. The Bertz CT molecular complexity index is 576. The smallest absolute Gasteiger partial charge is 0.429 e. The van der Waals surface area contributed by atoms with E-state index in [1.807, 2.05) is 0 Å². The van der Waals surface area contributed by atoms with Crippen LogP contribution in [0.3, 0.4) is 0 Å². The van der Waals surface area contributed by atoms with Gasteiger partial charge in [0.1, 0.15) is 11.6 Å². The van der Waals surface area contributed by atoms with Crippen LogP contribution in [-0.2, 0) is 6.61 Å². The fraction of sp³-hybridized carbons (Fsp3) is 0.200. The third kappa shape index (κ3) is 3.95. The highest BCUT2D eigenvalue weighted by Crippen LogP contribution is 2.36. The van der Waals surface area contributed by atoms with Crippen molar-refractivity contribution in [3.63, 3.8) is 0 Å². The first-order chi connectivity index (χ1) is 9.90. The molecule has 112 valence electrons. The molecule has 0 amide bonds. The molecular weight excluding hydrogens is 288 g/mol. The fourth-order valence-corrected chi connectivity index (χ4v) is 1.77. The van der Waals surface area contributed by atoms with Gasteiger partial charge >= 0.3 is 6.18 Å². The molecule has 2 rings (SSSR count). The second-order valence-electron chi connectivity index (χ2n) is 4.39. The minimum Gasteiger partial charge on any atom is -0.476 e. The molecule has 0 fully saturated rings. The van der Waals surface area contributed by atoms with Crippen molar-refractivity contribution in [2.45, 2.75) is 18.9 Å². The number of hydrogen-bond acceptors (Lipinski definition) is 2. The molecule has 0 heterocycles. The van der Waals surface area contributed by atoms with Gasteiger partial charge in [-0.25, -0.2) is 4.39 Å². The van der Waals surface area contributed by atoms with Crippen molar-refractivity contribution < 1.29 is 27.4 Å². The van der Waals surface area contributed by atoms with Crippen molar-refractivity contribution in [3.8, 4) is 5.75 Å². The lowest BCUT2D eigenvalue weighted by molar-refractivity contribution is -0.198. The van der Waals surface area contributed by atoms with Crippen LogP contribution in [0, 0.1) is 5.82 Å². The maximum atomic E-state index is 13.1. The van der Waals surface area contributed by atoms with Crippen LogP contribution in [0.5, 0.6) is 5.75 Å². The van der Waals surface area contributed by atoms with Crippen LogP contribution in [-0.4, -0.2) is 11.3 Å². The molecule has 6 heteroatoms. The number of benzene rings is 2. The second-order valence-corrected chi connectivity index (χ2v) is 4.39. The average molecular weight is 300 g/mol. The summed E-state index contributed by atoms with van der Waals surface area (Å²) in [6.07, 6.45) is -6.81. The van der Waals surface area contributed by atoms with E-state index < -0.39 is 18.1 Å². The summed E-state index contributed by atoms with van der Waals surface area (Å²) in [4.78, 5) is 0. The number of aliphatic hydroxyl groups is 1. The van der Waals surface area contributed by atoms with E-state index in [0.717, 1.165) is 24.3 Å². The SMILES string of the molecule is OCc1ccc(OC(c2ccc(F)cc2)C(F)(F)F)cc1. The van der Waals surface area contributed by atoms with Crippen LogP contribution < -0.4 is 4.74 Å². The Morgan fingerprint density at radius 2 is 1.52 bits per heavy atom. The topological polar surface area (TPSA) is 29.5 Å². The average Bonchev–Trinajstić information content (AvgIpc) is 2.45. The molecule has 0 aliphatic rings. The molecule has 0 saturated carbocycles. The lowest BCUT2D eigenvalue weighted by Gasteiger charge is -2.22. The van der Waals surface area contributed by atoms with Gasteiger partial charge in [-0.05, 0) is 29.8 Å². The van der Waals surface area contributed by atoms with E-state index >= 15 is 0 Å². The van der Waals surface area contributed by atoms with Crippen molar-refractivity contribution in [1.29, 1.82) is 0 Å². The van der Waals surface area contributed by atoms with E-state index in [1.165, 1.54) is 24.3 Å². The van der Waals surface area contributed by atoms with E-state index in [2.05, 4.69) is 0 Å². The zero-order valence-electron chi connectivity index (χ0n) is 10.8. The lowest BCUT2D eigenvalue weighted by Crippen LogP contribution is -2.26. The van der Waals surface area contributed by atoms with E-state index in [1.54, 1.807) is 0 Å². The van der Waals surface area contributed by atoms with E-state index in [-0.39, 0.29) is 17.9 Å². The number of rotatable bonds is 4. The third-order valence-corrected chi connectivity index (χ3v) is 2.83. The molecule has 2 aromatic carbocycles. The van der Waals surface area contributed by atoms with Gasteiger partial charge in [0, 0.05) is 5.56 Å². The van der Waals surface area contributed by atoms with Gasteiger partial charge in [0.2, 0.25) is 6.10 Å². The molecular formula is C15H12F4O2. The molecule has 0 saturated heterocycles. The van der Waals surface area contributed by atoms with Gasteiger partial charge in [-0.15, -0.1) is 0 Å². The Balaban J connectivity index is 2.26. The summed E-state index contributed by atoms with van der Waals surface area (Å²) in [6, 6.07) is 9.59. The first-order valence-electron chi connectivity index (χ1n) is 6.09. The van der Waals surface area contributed by atoms with Gasteiger partial charge in [0.25, 0.3) is 0 Å². The molecule has 1 unspecified atom stereocenters. The van der Waals surface area contributed by atoms with Crippen molar-refractivity contribution in [2.75, 3.05) is 0 Å². The summed E-state index contributed by atoms with van der Waals surface area (Å²) in [7, 11) is 0. The Morgan fingerprint density at radius 3 is 2.00 bits per heavy atom. The summed E-state index contributed by atoms with van der Waals surface area (Å²) < 4.78 is 57.0. The van der Waals surface area contributed by atoms with Crippen LogP contribution in [0.4, 0.5) is 17.6 Å². The zero-order chi connectivity index (χ0) is 15.5. The third-order valence-electron chi connectivity index (χ3n) is 2.83. The zero-order valence-corrected chi connectivity index (χ0v) is 10.8. The number of halogens is 4. The summed E-state index contributed by atoms with van der Waals surface area (Å²) in [5, 5.41) is 8.89. The standard InChI is InChI=1S/C15H12F4O2/c16-12-5-3-11(4-6-12)14(15(17,18)19)21-13-7-1-10(9-20)2-8-13/h1-8,14,20H,9H2. The van der Waals surface area contributed by atoms with Crippen LogP contribution >= 0.6 is 0 Å². The van der Waals surface area contributed by atoms with Crippen molar-refractivity contribution in [3.05, 3.63) is 65.5 Å². The predicted octanol–water partition coefficient (Wildman–Crippen LogP) is 4.00. The van der Waals surface area contributed by atoms with Crippen LogP contribution in [0.1, 0.15) is 17.2 Å². The predicted molar refractivity (Wildman–Crippen MR) is 68.2 cm³/mol. The molecule has 0 bridgehead atoms. The van der Waals surface area contributed by atoms with Crippen LogP contribution in [0.2, 0.25) is 0 Å². The van der Waals surface area contributed by atoms with Gasteiger partial charge in [0.15, 0.2) is 0 Å². The van der Waals surface area contributed by atoms with Crippen LogP contribution in [0.15, 0.2) is 48.5 Å². The number of ether oxygens (including phenoxy) is 1. The number of hydrogen-bond donors (Lipinski definition) is 1. The molecule has 0 aliphatic carbocycles. The van der Waals surface area contributed by atoms with E-state index in [0.29, 0.717) is 5.56 Å². The molecule has 2 nitrogen and oxygen atoms in total. The Kier molecular flexibility index (Phi) is 4.47. The van der Waals surface area contributed by atoms with Gasteiger partial charge in [-0.3, -0.25) is 0 Å². The Labute approximate surface area is 118 Å². The van der Waals surface area contributed by atoms with Gasteiger partial charge in [0.05, 0.1) is 6.61 Å². The number of aliphatic hydroxyl groups excluding tert-OH is 1. The lowest BCUT2D eigenvalue weighted by atomic mass is 10.1. The Morgan fingerprint density at radius 1 is 0.952 bits per heavy atom. The molecule has 0 radical (unpaired) electrons. The van der Waals surface area contributed by atoms with Crippen molar-refractivity contribution in [1.82, 2.24) is 0 Å². The molecule has 1 atom stereocenters. The van der Waals surface area contributed by atoms with E-state index in [9.17, 15) is 17.6 Å². The maximum absolute atomic E-state index is 13.1. The minimum absolute atomic E-state index is 0.0128. The minimum atomic E-state index is -4.63.